The van der Waals surface area contributed by atoms with E-state index in [9.17, 15) is 0 Å². The molecule has 2 aliphatic rings. The van der Waals surface area contributed by atoms with E-state index < -0.39 is 0 Å². The van der Waals surface area contributed by atoms with Gasteiger partial charge in [-0.15, -0.1) is 0 Å². The first-order chi connectivity index (χ1) is 7.88. The largest absolute Gasteiger partial charge is 0.378 e. The molecule has 2 atom stereocenters. The summed E-state index contributed by atoms with van der Waals surface area (Å²) in [5.41, 5.74) is 0. The highest BCUT2D eigenvalue weighted by Gasteiger charge is 2.23. The van der Waals surface area contributed by atoms with Gasteiger partial charge in [-0.25, -0.2) is 0 Å². The molecule has 0 aromatic heterocycles. The van der Waals surface area contributed by atoms with Crippen molar-refractivity contribution >= 4 is 0 Å². The Morgan fingerprint density at radius 3 is 3.06 bits per heavy atom. The number of nitrogens with one attached hydrogen (secondary N) is 1. The predicted molar refractivity (Wildman–Crippen MR) is 66.7 cm³/mol. The minimum atomic E-state index is 0.558. The molecule has 0 saturated carbocycles. The Hall–Kier alpha value is -0.120. The average Bonchev–Trinajstić information content (AvgIpc) is 2.95. The maximum atomic E-state index is 5.66. The van der Waals surface area contributed by atoms with Crippen LogP contribution in [0, 0.1) is 0 Å². The Labute approximate surface area is 99.5 Å². The third-order valence-corrected chi connectivity index (χ3v) is 3.75. The first kappa shape index (κ1) is 12.3. The van der Waals surface area contributed by atoms with Crippen molar-refractivity contribution < 1.29 is 4.74 Å². The normalized spacial score (nSPS) is 31.3. The molecule has 2 saturated heterocycles. The molecule has 0 bridgehead atoms. The number of ether oxygens (including phenoxy) is 1. The summed E-state index contributed by atoms with van der Waals surface area (Å²) in [5, 5.41) is 3.62. The summed E-state index contributed by atoms with van der Waals surface area (Å²) in [5.74, 6) is 0. The Bertz CT molecular complexity index is 192. The summed E-state index contributed by atoms with van der Waals surface area (Å²) in [7, 11) is 0. The van der Waals surface area contributed by atoms with E-state index in [4.69, 9.17) is 4.74 Å². The summed E-state index contributed by atoms with van der Waals surface area (Å²) < 4.78 is 5.66. The van der Waals surface area contributed by atoms with Crippen LogP contribution < -0.4 is 5.32 Å². The van der Waals surface area contributed by atoms with Crippen molar-refractivity contribution in [2.75, 3.05) is 32.8 Å². The topological polar surface area (TPSA) is 24.5 Å². The van der Waals surface area contributed by atoms with Gasteiger partial charge in [0, 0.05) is 25.7 Å². The van der Waals surface area contributed by atoms with Crippen LogP contribution in [-0.2, 0) is 4.74 Å². The van der Waals surface area contributed by atoms with Gasteiger partial charge in [-0.05, 0) is 45.2 Å². The molecule has 0 aromatic carbocycles. The molecule has 3 nitrogen and oxygen atoms in total. The highest BCUT2D eigenvalue weighted by atomic mass is 16.5. The van der Waals surface area contributed by atoms with E-state index in [1.807, 2.05) is 0 Å². The van der Waals surface area contributed by atoms with Crippen molar-refractivity contribution in [1.82, 2.24) is 10.2 Å². The number of hydrogen-bond acceptors (Lipinski definition) is 3. The summed E-state index contributed by atoms with van der Waals surface area (Å²) in [6, 6.07) is 0.740. The fourth-order valence-corrected chi connectivity index (χ4v) is 2.75. The van der Waals surface area contributed by atoms with Crippen LogP contribution in [0.25, 0.3) is 0 Å². The quantitative estimate of drug-likeness (QED) is 0.745. The van der Waals surface area contributed by atoms with Crippen LogP contribution >= 0.6 is 0 Å². The molecule has 0 aromatic rings. The predicted octanol–water partition coefficient (Wildman–Crippen LogP) is 1.63. The van der Waals surface area contributed by atoms with Crippen LogP contribution in [0.5, 0.6) is 0 Å². The lowest BCUT2D eigenvalue weighted by atomic mass is 10.2. The first-order valence-electron chi connectivity index (χ1n) is 6.96. The summed E-state index contributed by atoms with van der Waals surface area (Å²) >= 11 is 0. The average molecular weight is 226 g/mol. The first-order valence-corrected chi connectivity index (χ1v) is 6.96. The molecule has 2 aliphatic heterocycles. The SMILES string of the molecule is CCCNC1CCN(CCC2CCCO2)C1. The molecule has 2 heterocycles. The summed E-state index contributed by atoms with van der Waals surface area (Å²) in [4.78, 5) is 2.59. The van der Waals surface area contributed by atoms with Crippen molar-refractivity contribution in [2.24, 2.45) is 0 Å². The van der Waals surface area contributed by atoms with E-state index in [-0.39, 0.29) is 0 Å². The van der Waals surface area contributed by atoms with Gasteiger partial charge in [0.05, 0.1) is 6.10 Å². The Kier molecular flexibility index (Phi) is 5.07. The molecule has 1 N–H and O–H groups in total. The lowest BCUT2D eigenvalue weighted by molar-refractivity contribution is 0.0947. The molecule has 2 fully saturated rings. The number of hydrogen-bond donors (Lipinski definition) is 1. The van der Waals surface area contributed by atoms with Gasteiger partial charge < -0.3 is 15.0 Å². The molecule has 3 heteroatoms. The smallest absolute Gasteiger partial charge is 0.0588 e. The summed E-state index contributed by atoms with van der Waals surface area (Å²) in [6.45, 7) is 8.14. The van der Waals surface area contributed by atoms with Gasteiger partial charge in [-0.1, -0.05) is 6.92 Å². The van der Waals surface area contributed by atoms with Crippen LogP contribution in [0.4, 0.5) is 0 Å². The van der Waals surface area contributed by atoms with E-state index in [1.54, 1.807) is 0 Å². The molecule has 94 valence electrons. The zero-order valence-corrected chi connectivity index (χ0v) is 10.6. The molecule has 2 rings (SSSR count). The van der Waals surface area contributed by atoms with E-state index in [0.29, 0.717) is 6.10 Å². The molecular weight excluding hydrogens is 200 g/mol. The van der Waals surface area contributed by atoms with E-state index >= 15 is 0 Å². The van der Waals surface area contributed by atoms with E-state index in [0.717, 1.165) is 12.6 Å². The number of likely N-dealkylation sites (tertiary alicyclic amines) is 1. The van der Waals surface area contributed by atoms with Gasteiger partial charge in [-0.3, -0.25) is 0 Å². The zero-order chi connectivity index (χ0) is 11.2. The minimum absolute atomic E-state index is 0.558. The third-order valence-electron chi connectivity index (χ3n) is 3.75. The van der Waals surface area contributed by atoms with Crippen molar-refractivity contribution in [1.29, 1.82) is 0 Å². The molecule has 16 heavy (non-hydrogen) atoms. The fourth-order valence-electron chi connectivity index (χ4n) is 2.75. The molecule has 0 radical (unpaired) electrons. The molecule has 2 unspecified atom stereocenters. The minimum Gasteiger partial charge on any atom is -0.378 e. The third kappa shape index (κ3) is 3.72. The maximum absolute atomic E-state index is 5.66. The zero-order valence-electron chi connectivity index (χ0n) is 10.6. The molecule has 0 spiro atoms. The molecular formula is C13H26N2O. The van der Waals surface area contributed by atoms with Crippen molar-refractivity contribution in [2.45, 2.75) is 51.2 Å². The summed E-state index contributed by atoms with van der Waals surface area (Å²) in [6.07, 6.45) is 6.91. The van der Waals surface area contributed by atoms with Crippen LogP contribution in [-0.4, -0.2) is 49.8 Å². The van der Waals surface area contributed by atoms with Crippen LogP contribution in [0.1, 0.15) is 39.0 Å². The van der Waals surface area contributed by atoms with Crippen LogP contribution in [0.2, 0.25) is 0 Å². The van der Waals surface area contributed by atoms with Gasteiger partial charge >= 0.3 is 0 Å². The van der Waals surface area contributed by atoms with E-state index in [2.05, 4.69) is 17.1 Å². The van der Waals surface area contributed by atoms with Crippen molar-refractivity contribution in [3.8, 4) is 0 Å². The van der Waals surface area contributed by atoms with E-state index in [1.165, 1.54) is 58.3 Å². The van der Waals surface area contributed by atoms with Crippen LogP contribution in [0.3, 0.4) is 0 Å². The lowest BCUT2D eigenvalue weighted by Crippen LogP contribution is -2.33. The standard InChI is InChI=1S/C13H26N2O/c1-2-7-14-12-5-8-15(11-12)9-6-13-4-3-10-16-13/h12-14H,2-11H2,1H3. The highest BCUT2D eigenvalue weighted by molar-refractivity contribution is 4.81. The highest BCUT2D eigenvalue weighted by Crippen LogP contribution is 2.17. The van der Waals surface area contributed by atoms with Gasteiger partial charge in [0.25, 0.3) is 0 Å². The van der Waals surface area contributed by atoms with Gasteiger partial charge in [0.1, 0.15) is 0 Å². The van der Waals surface area contributed by atoms with Crippen molar-refractivity contribution in [3.63, 3.8) is 0 Å². The second-order valence-corrected chi connectivity index (χ2v) is 5.16. The van der Waals surface area contributed by atoms with Gasteiger partial charge in [-0.2, -0.15) is 0 Å². The van der Waals surface area contributed by atoms with Crippen LogP contribution in [0.15, 0.2) is 0 Å². The Morgan fingerprint density at radius 2 is 2.31 bits per heavy atom. The Morgan fingerprint density at radius 1 is 1.38 bits per heavy atom. The number of nitrogens with zero attached hydrogens (tertiary/aromatic N) is 1. The second kappa shape index (κ2) is 6.58. The monoisotopic (exact) mass is 226 g/mol. The Balaban J connectivity index is 1.57. The lowest BCUT2D eigenvalue weighted by Gasteiger charge is -2.18. The van der Waals surface area contributed by atoms with Gasteiger partial charge in [0.2, 0.25) is 0 Å². The fraction of sp³-hybridized carbons (Fsp3) is 1.00. The second-order valence-electron chi connectivity index (χ2n) is 5.16. The maximum Gasteiger partial charge on any atom is 0.0588 e. The van der Waals surface area contributed by atoms with Crippen molar-refractivity contribution in [3.05, 3.63) is 0 Å². The number of rotatable bonds is 6. The molecule has 0 aliphatic carbocycles. The van der Waals surface area contributed by atoms with Gasteiger partial charge in [0.15, 0.2) is 0 Å². The molecule has 0 amide bonds.